The van der Waals surface area contributed by atoms with Crippen molar-refractivity contribution in [3.05, 3.63) is 40.4 Å². The lowest BCUT2D eigenvalue weighted by molar-refractivity contribution is 0.102. The Balaban J connectivity index is 2.23. The molecule has 2 aromatic rings. The van der Waals surface area contributed by atoms with Crippen LogP contribution in [0.1, 0.15) is 16.1 Å². The van der Waals surface area contributed by atoms with Crippen LogP contribution in [0.3, 0.4) is 0 Å². The van der Waals surface area contributed by atoms with E-state index in [1.54, 1.807) is 43.2 Å². The van der Waals surface area contributed by atoms with E-state index in [2.05, 4.69) is 31.3 Å². The van der Waals surface area contributed by atoms with Crippen LogP contribution in [-0.4, -0.2) is 20.7 Å². The molecule has 0 aliphatic heterocycles. The third kappa shape index (κ3) is 2.52. The molecule has 5 nitrogen and oxygen atoms in total. The highest BCUT2D eigenvalue weighted by atomic mass is 79.9. The predicted molar refractivity (Wildman–Crippen MR) is 67.8 cm³/mol. The molecule has 0 radical (unpaired) electrons. The third-order valence-electron chi connectivity index (χ3n) is 2.27. The molecular formula is C11H11BrN4O. The summed E-state index contributed by atoms with van der Waals surface area (Å²) in [5.41, 5.74) is 1.90. The van der Waals surface area contributed by atoms with Gasteiger partial charge in [0.1, 0.15) is 4.60 Å². The average Bonchev–Trinajstić information content (AvgIpc) is 2.61. The largest absolute Gasteiger partial charge is 0.320 e. The van der Waals surface area contributed by atoms with E-state index in [9.17, 15) is 4.79 Å². The molecule has 0 spiro atoms. The summed E-state index contributed by atoms with van der Waals surface area (Å²) >= 11 is 3.27. The zero-order valence-electron chi connectivity index (χ0n) is 9.44. The van der Waals surface area contributed by atoms with Gasteiger partial charge in [-0.2, -0.15) is 5.10 Å². The molecule has 0 fully saturated rings. The molecule has 0 saturated carbocycles. The number of pyridine rings is 1. The smallest absolute Gasteiger partial charge is 0.259 e. The standard InChI is InChI=1S/C11H11BrN4O/c1-7-8(6-16(2)15-7)11(17)14-9-4-3-5-13-10(9)12/h3-6H,1-2H3,(H,14,17). The van der Waals surface area contributed by atoms with Gasteiger partial charge in [-0.05, 0) is 35.0 Å². The van der Waals surface area contributed by atoms with Crippen LogP contribution in [0.25, 0.3) is 0 Å². The molecule has 0 bridgehead atoms. The van der Waals surface area contributed by atoms with Crippen molar-refractivity contribution in [2.75, 3.05) is 5.32 Å². The first-order chi connectivity index (χ1) is 8.08. The number of carbonyl (C=O) groups excluding carboxylic acids is 1. The maximum absolute atomic E-state index is 12.0. The van der Waals surface area contributed by atoms with Crippen LogP contribution >= 0.6 is 15.9 Å². The van der Waals surface area contributed by atoms with Crippen molar-refractivity contribution in [3.8, 4) is 0 Å². The SMILES string of the molecule is Cc1nn(C)cc1C(=O)Nc1cccnc1Br. The van der Waals surface area contributed by atoms with Crippen LogP contribution < -0.4 is 5.32 Å². The Bertz CT molecular complexity index is 564. The van der Waals surface area contributed by atoms with Gasteiger partial charge in [-0.15, -0.1) is 0 Å². The number of rotatable bonds is 2. The molecule has 6 heteroatoms. The van der Waals surface area contributed by atoms with Gasteiger partial charge in [0.25, 0.3) is 5.91 Å². The number of nitrogens with zero attached hydrogens (tertiary/aromatic N) is 3. The maximum Gasteiger partial charge on any atom is 0.259 e. The van der Waals surface area contributed by atoms with Gasteiger partial charge in [0.05, 0.1) is 16.9 Å². The summed E-state index contributed by atoms with van der Waals surface area (Å²) < 4.78 is 2.22. The van der Waals surface area contributed by atoms with Gasteiger partial charge in [-0.25, -0.2) is 4.98 Å². The highest BCUT2D eigenvalue weighted by Gasteiger charge is 2.13. The molecule has 2 aromatic heterocycles. The van der Waals surface area contributed by atoms with Gasteiger partial charge < -0.3 is 5.32 Å². The normalized spacial score (nSPS) is 10.3. The zero-order valence-corrected chi connectivity index (χ0v) is 11.0. The Morgan fingerprint density at radius 1 is 1.53 bits per heavy atom. The van der Waals surface area contributed by atoms with Crippen molar-refractivity contribution in [1.82, 2.24) is 14.8 Å². The van der Waals surface area contributed by atoms with Gasteiger partial charge in [-0.3, -0.25) is 9.48 Å². The molecular weight excluding hydrogens is 284 g/mol. The molecule has 0 unspecified atom stereocenters. The summed E-state index contributed by atoms with van der Waals surface area (Å²) in [5.74, 6) is -0.190. The molecule has 0 aromatic carbocycles. The van der Waals surface area contributed by atoms with Gasteiger partial charge >= 0.3 is 0 Å². The minimum absolute atomic E-state index is 0.190. The van der Waals surface area contributed by atoms with Crippen LogP contribution in [0.5, 0.6) is 0 Å². The molecule has 0 aliphatic carbocycles. The Hall–Kier alpha value is -1.69. The molecule has 1 amide bonds. The van der Waals surface area contributed by atoms with E-state index < -0.39 is 0 Å². The summed E-state index contributed by atoms with van der Waals surface area (Å²) in [6, 6.07) is 3.54. The van der Waals surface area contributed by atoms with Crippen molar-refractivity contribution in [2.45, 2.75) is 6.92 Å². The Morgan fingerprint density at radius 2 is 2.29 bits per heavy atom. The van der Waals surface area contributed by atoms with E-state index in [1.807, 2.05) is 0 Å². The van der Waals surface area contributed by atoms with Gasteiger partial charge in [-0.1, -0.05) is 0 Å². The number of anilines is 1. The first kappa shape index (κ1) is 11.8. The molecule has 1 N–H and O–H groups in total. The highest BCUT2D eigenvalue weighted by molar-refractivity contribution is 9.10. The fourth-order valence-electron chi connectivity index (χ4n) is 1.49. The van der Waals surface area contributed by atoms with Crippen molar-refractivity contribution < 1.29 is 4.79 Å². The van der Waals surface area contributed by atoms with Crippen molar-refractivity contribution >= 4 is 27.5 Å². The quantitative estimate of drug-likeness (QED) is 0.863. The molecule has 0 aliphatic rings. The minimum atomic E-state index is -0.190. The molecule has 2 heterocycles. The number of hydrogen-bond donors (Lipinski definition) is 1. The summed E-state index contributed by atoms with van der Waals surface area (Å²) in [7, 11) is 1.78. The number of aromatic nitrogens is 3. The second-order valence-corrected chi connectivity index (χ2v) is 4.35. The van der Waals surface area contributed by atoms with E-state index in [-0.39, 0.29) is 5.91 Å². The molecule has 0 saturated heterocycles. The number of halogens is 1. The van der Waals surface area contributed by atoms with Crippen molar-refractivity contribution in [3.63, 3.8) is 0 Å². The fourth-order valence-corrected chi connectivity index (χ4v) is 1.84. The van der Waals surface area contributed by atoms with E-state index in [0.717, 1.165) is 0 Å². The number of aryl methyl sites for hydroxylation is 2. The lowest BCUT2D eigenvalue weighted by Crippen LogP contribution is -2.13. The van der Waals surface area contributed by atoms with E-state index in [0.29, 0.717) is 21.5 Å². The summed E-state index contributed by atoms with van der Waals surface area (Å²) in [5, 5.41) is 6.90. The average molecular weight is 295 g/mol. The van der Waals surface area contributed by atoms with E-state index in [1.165, 1.54) is 0 Å². The molecule has 0 atom stereocenters. The Kier molecular flexibility index (Phi) is 3.23. The first-order valence-electron chi connectivity index (χ1n) is 5.00. The number of amides is 1. The Labute approximate surface area is 107 Å². The van der Waals surface area contributed by atoms with E-state index in [4.69, 9.17) is 0 Å². The van der Waals surface area contributed by atoms with E-state index >= 15 is 0 Å². The monoisotopic (exact) mass is 294 g/mol. The molecule has 17 heavy (non-hydrogen) atoms. The second kappa shape index (κ2) is 4.67. The third-order valence-corrected chi connectivity index (χ3v) is 2.90. The van der Waals surface area contributed by atoms with Crippen LogP contribution in [0.15, 0.2) is 29.1 Å². The van der Waals surface area contributed by atoms with Gasteiger partial charge in [0.15, 0.2) is 0 Å². The second-order valence-electron chi connectivity index (χ2n) is 3.60. The van der Waals surface area contributed by atoms with Crippen LogP contribution in [-0.2, 0) is 7.05 Å². The molecule has 88 valence electrons. The minimum Gasteiger partial charge on any atom is -0.320 e. The van der Waals surface area contributed by atoms with Crippen LogP contribution in [0.2, 0.25) is 0 Å². The fraction of sp³-hybridized carbons (Fsp3) is 0.182. The van der Waals surface area contributed by atoms with Gasteiger partial charge in [0, 0.05) is 19.4 Å². The first-order valence-corrected chi connectivity index (χ1v) is 5.79. The Morgan fingerprint density at radius 3 is 2.88 bits per heavy atom. The predicted octanol–water partition coefficient (Wildman–Crippen LogP) is 2.14. The van der Waals surface area contributed by atoms with Crippen molar-refractivity contribution in [2.24, 2.45) is 7.05 Å². The lowest BCUT2D eigenvalue weighted by atomic mass is 10.2. The highest BCUT2D eigenvalue weighted by Crippen LogP contribution is 2.19. The van der Waals surface area contributed by atoms with Crippen molar-refractivity contribution in [1.29, 1.82) is 0 Å². The lowest BCUT2D eigenvalue weighted by Gasteiger charge is -2.05. The number of nitrogens with one attached hydrogen (secondary N) is 1. The van der Waals surface area contributed by atoms with Gasteiger partial charge in [0.2, 0.25) is 0 Å². The zero-order chi connectivity index (χ0) is 12.4. The summed E-state index contributed by atoms with van der Waals surface area (Å²) in [6.45, 7) is 1.80. The summed E-state index contributed by atoms with van der Waals surface area (Å²) in [4.78, 5) is 16.0. The number of hydrogen-bond acceptors (Lipinski definition) is 3. The summed E-state index contributed by atoms with van der Waals surface area (Å²) in [6.07, 6.45) is 3.34. The topological polar surface area (TPSA) is 59.8 Å². The number of carbonyl (C=O) groups is 1. The van der Waals surface area contributed by atoms with Crippen LogP contribution in [0, 0.1) is 6.92 Å². The van der Waals surface area contributed by atoms with Crippen LogP contribution in [0.4, 0.5) is 5.69 Å². The maximum atomic E-state index is 12.0. The molecule has 2 rings (SSSR count).